The van der Waals surface area contributed by atoms with Crippen LogP contribution in [0.25, 0.3) is 0 Å². The zero-order valence-electron chi connectivity index (χ0n) is 14.9. The van der Waals surface area contributed by atoms with E-state index in [-0.39, 0.29) is 17.4 Å². The van der Waals surface area contributed by atoms with Crippen LogP contribution in [0.1, 0.15) is 34.6 Å². The van der Waals surface area contributed by atoms with Crippen molar-refractivity contribution in [2.75, 3.05) is 32.5 Å². The second kappa shape index (κ2) is 6.66. The molecular weight excluding hydrogens is 342 g/mol. The lowest BCUT2D eigenvalue weighted by Gasteiger charge is -2.52. The highest BCUT2D eigenvalue weighted by atomic mass is 32.2. The number of hydrogen-bond donors (Lipinski definition) is 1. The first-order valence-electron chi connectivity index (χ1n) is 8.49. The van der Waals surface area contributed by atoms with Gasteiger partial charge in [0, 0.05) is 23.5 Å². The van der Waals surface area contributed by atoms with Gasteiger partial charge in [0.15, 0.2) is 0 Å². The summed E-state index contributed by atoms with van der Waals surface area (Å²) in [6.45, 7) is 5.90. The average molecular weight is 367 g/mol. The first kappa shape index (κ1) is 18.3. The highest BCUT2D eigenvalue weighted by molar-refractivity contribution is 7.88. The monoisotopic (exact) mass is 367 g/mol. The Morgan fingerprint density at radius 1 is 1.36 bits per heavy atom. The first-order chi connectivity index (χ1) is 11.7. The molecule has 2 aliphatic heterocycles. The number of sulfonamides is 1. The third kappa shape index (κ3) is 4.37. The summed E-state index contributed by atoms with van der Waals surface area (Å²) in [6.07, 6.45) is 2.91. The standard InChI is InChI=1S/C17H25N3O4S/c1-12-6-15(7-13(2)19-12)16(21)20-10-17(11-20)5-4-14(9-24-17)8-18-25(3,22)23/h6-7,14,18H,4-5,8-11H2,1-3H3/t14-/m0/s1. The number of carbonyl (C=O) groups excluding carboxylic acids is 1. The summed E-state index contributed by atoms with van der Waals surface area (Å²) in [4.78, 5) is 18.7. The molecule has 0 unspecified atom stereocenters. The molecule has 1 aromatic rings. The molecule has 25 heavy (non-hydrogen) atoms. The Morgan fingerprint density at radius 2 is 2.00 bits per heavy atom. The highest BCUT2D eigenvalue weighted by Crippen LogP contribution is 2.36. The lowest BCUT2D eigenvalue weighted by atomic mass is 9.82. The number of ether oxygens (including phenoxy) is 1. The van der Waals surface area contributed by atoms with Gasteiger partial charge >= 0.3 is 0 Å². The maximum absolute atomic E-state index is 12.6. The fraction of sp³-hybridized carbons (Fsp3) is 0.647. The molecule has 8 heteroatoms. The summed E-state index contributed by atoms with van der Waals surface area (Å²) in [7, 11) is -3.17. The molecule has 0 saturated carbocycles. The highest BCUT2D eigenvalue weighted by Gasteiger charge is 2.48. The molecule has 1 amide bonds. The van der Waals surface area contributed by atoms with E-state index in [4.69, 9.17) is 4.74 Å². The zero-order valence-corrected chi connectivity index (χ0v) is 15.7. The van der Waals surface area contributed by atoms with Gasteiger partial charge in [0.2, 0.25) is 10.0 Å². The van der Waals surface area contributed by atoms with Gasteiger partial charge in [-0.3, -0.25) is 9.78 Å². The van der Waals surface area contributed by atoms with Gasteiger partial charge in [-0.25, -0.2) is 13.1 Å². The number of nitrogens with zero attached hydrogens (tertiary/aromatic N) is 2. The summed E-state index contributed by atoms with van der Waals surface area (Å²) in [5, 5.41) is 0. The van der Waals surface area contributed by atoms with Crippen molar-refractivity contribution in [3.63, 3.8) is 0 Å². The summed E-state index contributed by atoms with van der Waals surface area (Å²) in [5.41, 5.74) is 2.10. The number of aromatic nitrogens is 1. The Balaban J connectivity index is 1.52. The maximum Gasteiger partial charge on any atom is 0.254 e. The minimum atomic E-state index is -3.17. The van der Waals surface area contributed by atoms with Gasteiger partial charge < -0.3 is 9.64 Å². The van der Waals surface area contributed by atoms with Gasteiger partial charge in [0.25, 0.3) is 5.91 Å². The SMILES string of the molecule is Cc1cc(C(=O)N2CC3(CC[C@@H](CNS(C)(=O)=O)CO3)C2)cc(C)n1. The van der Waals surface area contributed by atoms with Crippen molar-refractivity contribution in [3.05, 3.63) is 29.1 Å². The summed E-state index contributed by atoms with van der Waals surface area (Å²) < 4.78 is 30.9. The van der Waals surface area contributed by atoms with Crippen LogP contribution in [-0.4, -0.2) is 62.3 Å². The molecule has 1 spiro atoms. The molecule has 3 heterocycles. The fourth-order valence-corrected chi connectivity index (χ4v) is 4.07. The van der Waals surface area contributed by atoms with Crippen LogP contribution < -0.4 is 4.72 Å². The van der Waals surface area contributed by atoms with Crippen molar-refractivity contribution < 1.29 is 17.9 Å². The quantitative estimate of drug-likeness (QED) is 0.853. The number of nitrogens with one attached hydrogen (secondary N) is 1. The summed E-state index contributed by atoms with van der Waals surface area (Å²) in [6, 6.07) is 3.63. The van der Waals surface area contributed by atoms with Crippen LogP contribution in [0.5, 0.6) is 0 Å². The van der Waals surface area contributed by atoms with Gasteiger partial charge in [-0.1, -0.05) is 0 Å². The second-order valence-electron chi connectivity index (χ2n) is 7.32. The van der Waals surface area contributed by atoms with Crippen LogP contribution in [0.2, 0.25) is 0 Å². The van der Waals surface area contributed by atoms with Crippen LogP contribution in [0.4, 0.5) is 0 Å². The van der Waals surface area contributed by atoms with Gasteiger partial charge in [-0.15, -0.1) is 0 Å². The molecule has 3 rings (SSSR count). The largest absolute Gasteiger partial charge is 0.371 e. The lowest BCUT2D eigenvalue weighted by Crippen LogP contribution is -2.66. The van der Waals surface area contributed by atoms with Gasteiger partial charge in [0.05, 0.1) is 26.0 Å². The van der Waals surface area contributed by atoms with Crippen molar-refractivity contribution in [1.29, 1.82) is 0 Å². The van der Waals surface area contributed by atoms with Crippen molar-refractivity contribution >= 4 is 15.9 Å². The molecule has 0 radical (unpaired) electrons. The first-order valence-corrected chi connectivity index (χ1v) is 10.4. The Kier molecular flexibility index (Phi) is 4.87. The molecule has 1 atom stereocenters. The van der Waals surface area contributed by atoms with E-state index in [1.54, 1.807) is 0 Å². The second-order valence-corrected chi connectivity index (χ2v) is 9.15. The van der Waals surface area contributed by atoms with E-state index < -0.39 is 10.0 Å². The number of aryl methyl sites for hydroxylation is 2. The fourth-order valence-electron chi connectivity index (χ4n) is 3.53. The molecule has 1 aromatic heterocycles. The number of pyridine rings is 1. The van der Waals surface area contributed by atoms with Crippen LogP contribution in [0.15, 0.2) is 12.1 Å². The molecular formula is C17H25N3O4S. The topological polar surface area (TPSA) is 88.6 Å². The predicted octanol–water partition coefficient (Wildman–Crippen LogP) is 0.869. The van der Waals surface area contributed by atoms with Gasteiger partial charge in [-0.2, -0.15) is 0 Å². The van der Waals surface area contributed by atoms with E-state index in [0.717, 1.165) is 30.5 Å². The molecule has 0 aromatic carbocycles. The molecule has 7 nitrogen and oxygen atoms in total. The number of carbonyl (C=O) groups is 1. The van der Waals surface area contributed by atoms with Gasteiger partial charge in [0.1, 0.15) is 5.60 Å². The van der Waals surface area contributed by atoms with E-state index >= 15 is 0 Å². The molecule has 0 bridgehead atoms. The lowest BCUT2D eigenvalue weighted by molar-refractivity contribution is -0.165. The third-order valence-corrected chi connectivity index (χ3v) is 5.53. The number of hydrogen-bond acceptors (Lipinski definition) is 5. The van der Waals surface area contributed by atoms with Crippen molar-refractivity contribution in [3.8, 4) is 0 Å². The van der Waals surface area contributed by atoms with E-state index in [1.165, 1.54) is 0 Å². The predicted molar refractivity (Wildman–Crippen MR) is 93.9 cm³/mol. The van der Waals surface area contributed by atoms with Gasteiger partial charge in [-0.05, 0) is 44.7 Å². The van der Waals surface area contributed by atoms with Crippen molar-refractivity contribution in [1.82, 2.24) is 14.6 Å². The number of likely N-dealkylation sites (tertiary alicyclic amines) is 1. The van der Waals surface area contributed by atoms with Crippen LogP contribution in [-0.2, 0) is 14.8 Å². The normalized spacial score (nSPS) is 22.7. The third-order valence-electron chi connectivity index (χ3n) is 4.84. The van der Waals surface area contributed by atoms with Crippen LogP contribution >= 0.6 is 0 Å². The molecule has 2 aliphatic rings. The zero-order chi connectivity index (χ0) is 18.2. The smallest absolute Gasteiger partial charge is 0.254 e. The van der Waals surface area contributed by atoms with Crippen LogP contribution in [0, 0.1) is 19.8 Å². The summed E-state index contributed by atoms with van der Waals surface area (Å²) in [5.74, 6) is 0.208. The molecule has 2 fully saturated rings. The Morgan fingerprint density at radius 3 is 2.52 bits per heavy atom. The summed E-state index contributed by atoms with van der Waals surface area (Å²) >= 11 is 0. The van der Waals surface area contributed by atoms with E-state index in [2.05, 4.69) is 9.71 Å². The maximum atomic E-state index is 12.6. The Bertz CT molecular complexity index is 742. The number of rotatable bonds is 4. The minimum Gasteiger partial charge on any atom is -0.371 e. The molecule has 138 valence electrons. The molecule has 2 saturated heterocycles. The van der Waals surface area contributed by atoms with E-state index in [0.29, 0.717) is 31.8 Å². The van der Waals surface area contributed by atoms with Crippen molar-refractivity contribution in [2.45, 2.75) is 32.3 Å². The Labute approximate surface area is 148 Å². The molecule has 0 aliphatic carbocycles. The number of amides is 1. The van der Waals surface area contributed by atoms with Crippen LogP contribution in [0.3, 0.4) is 0 Å². The average Bonchev–Trinajstić information content (AvgIpc) is 2.49. The minimum absolute atomic E-state index is 0.0173. The molecule has 1 N–H and O–H groups in total. The van der Waals surface area contributed by atoms with Crippen molar-refractivity contribution in [2.24, 2.45) is 5.92 Å². The Hall–Kier alpha value is -1.51. The van der Waals surface area contributed by atoms with E-state index in [1.807, 2.05) is 30.9 Å². The van der Waals surface area contributed by atoms with E-state index in [9.17, 15) is 13.2 Å².